The largest absolute Gasteiger partial charge is 0.355 e. The lowest BCUT2D eigenvalue weighted by Crippen LogP contribution is -2.41. The summed E-state index contributed by atoms with van der Waals surface area (Å²) in [5, 5.41) is 0. The van der Waals surface area contributed by atoms with Crippen LogP contribution in [0.2, 0.25) is 0 Å². The molecule has 0 spiro atoms. The van der Waals surface area contributed by atoms with E-state index in [4.69, 9.17) is 5.73 Å². The SMILES string of the molecule is CCC(C)(C)N(C)c1ccc(CN)cn1. The minimum absolute atomic E-state index is 0.136. The molecule has 3 heteroatoms. The standard InChI is InChI=1S/C12H21N3/c1-5-12(2,3)15(4)11-7-6-10(8-13)9-14-11/h6-7,9H,5,8,13H2,1-4H3. The molecule has 0 saturated heterocycles. The van der Waals surface area contributed by atoms with Crippen LogP contribution < -0.4 is 10.6 Å². The van der Waals surface area contributed by atoms with Gasteiger partial charge in [-0.05, 0) is 31.9 Å². The quantitative estimate of drug-likeness (QED) is 0.822. The smallest absolute Gasteiger partial charge is 0.128 e. The van der Waals surface area contributed by atoms with E-state index in [1.165, 1.54) is 0 Å². The van der Waals surface area contributed by atoms with Gasteiger partial charge in [-0.2, -0.15) is 0 Å². The molecule has 1 aromatic rings. The van der Waals surface area contributed by atoms with Crippen molar-refractivity contribution in [2.75, 3.05) is 11.9 Å². The molecule has 0 aliphatic heterocycles. The predicted molar refractivity (Wildman–Crippen MR) is 64.9 cm³/mol. The zero-order valence-electron chi connectivity index (χ0n) is 10.1. The van der Waals surface area contributed by atoms with Crippen molar-refractivity contribution in [1.29, 1.82) is 0 Å². The lowest BCUT2D eigenvalue weighted by molar-refractivity contribution is 0.467. The minimum Gasteiger partial charge on any atom is -0.355 e. The molecular weight excluding hydrogens is 186 g/mol. The summed E-state index contributed by atoms with van der Waals surface area (Å²) in [6.45, 7) is 7.16. The van der Waals surface area contributed by atoms with Crippen molar-refractivity contribution < 1.29 is 0 Å². The summed E-state index contributed by atoms with van der Waals surface area (Å²) in [6, 6.07) is 4.06. The number of rotatable bonds is 4. The van der Waals surface area contributed by atoms with E-state index in [0.717, 1.165) is 17.8 Å². The summed E-state index contributed by atoms with van der Waals surface area (Å²) in [6.07, 6.45) is 2.93. The van der Waals surface area contributed by atoms with E-state index in [0.29, 0.717) is 6.54 Å². The van der Waals surface area contributed by atoms with Crippen LogP contribution in [-0.2, 0) is 6.54 Å². The molecule has 0 aliphatic rings. The topological polar surface area (TPSA) is 42.1 Å². The number of hydrogen-bond donors (Lipinski definition) is 1. The fourth-order valence-corrected chi connectivity index (χ4v) is 1.28. The van der Waals surface area contributed by atoms with Gasteiger partial charge in [0.2, 0.25) is 0 Å². The number of anilines is 1. The summed E-state index contributed by atoms with van der Waals surface area (Å²) in [7, 11) is 2.08. The highest BCUT2D eigenvalue weighted by atomic mass is 15.2. The molecule has 0 bridgehead atoms. The van der Waals surface area contributed by atoms with Gasteiger partial charge >= 0.3 is 0 Å². The molecule has 0 fully saturated rings. The molecule has 0 unspecified atom stereocenters. The number of nitrogens with two attached hydrogens (primary N) is 1. The molecule has 84 valence electrons. The van der Waals surface area contributed by atoms with Crippen LogP contribution in [0.4, 0.5) is 5.82 Å². The lowest BCUT2D eigenvalue weighted by Gasteiger charge is -2.35. The van der Waals surface area contributed by atoms with Gasteiger partial charge in [0, 0.05) is 25.3 Å². The van der Waals surface area contributed by atoms with Crippen LogP contribution in [0.15, 0.2) is 18.3 Å². The first kappa shape index (κ1) is 12.0. The maximum Gasteiger partial charge on any atom is 0.128 e. The van der Waals surface area contributed by atoms with Crippen molar-refractivity contribution in [2.45, 2.75) is 39.3 Å². The summed E-state index contributed by atoms with van der Waals surface area (Å²) >= 11 is 0. The minimum atomic E-state index is 0.136. The third-order valence-corrected chi connectivity index (χ3v) is 3.16. The zero-order chi connectivity index (χ0) is 11.5. The Labute approximate surface area is 92.3 Å². The summed E-state index contributed by atoms with van der Waals surface area (Å²) in [4.78, 5) is 6.61. The molecule has 0 amide bonds. The van der Waals surface area contributed by atoms with Crippen LogP contribution in [0.5, 0.6) is 0 Å². The summed E-state index contributed by atoms with van der Waals surface area (Å²) in [5.74, 6) is 0.999. The third-order valence-electron chi connectivity index (χ3n) is 3.16. The van der Waals surface area contributed by atoms with E-state index in [-0.39, 0.29) is 5.54 Å². The maximum atomic E-state index is 5.53. The Kier molecular flexibility index (Phi) is 3.69. The first-order valence-electron chi connectivity index (χ1n) is 5.40. The molecule has 0 atom stereocenters. The van der Waals surface area contributed by atoms with Gasteiger partial charge in [-0.15, -0.1) is 0 Å². The Bertz CT molecular complexity index is 303. The Morgan fingerprint density at radius 3 is 2.47 bits per heavy atom. The Morgan fingerprint density at radius 2 is 2.07 bits per heavy atom. The Balaban J connectivity index is 2.87. The molecule has 2 N–H and O–H groups in total. The fourth-order valence-electron chi connectivity index (χ4n) is 1.28. The van der Waals surface area contributed by atoms with Gasteiger partial charge in [0.1, 0.15) is 5.82 Å². The average Bonchev–Trinajstić information content (AvgIpc) is 2.28. The van der Waals surface area contributed by atoms with Gasteiger partial charge in [-0.1, -0.05) is 13.0 Å². The van der Waals surface area contributed by atoms with Crippen molar-refractivity contribution in [1.82, 2.24) is 4.98 Å². The van der Waals surface area contributed by atoms with E-state index in [9.17, 15) is 0 Å². The van der Waals surface area contributed by atoms with Gasteiger partial charge in [-0.3, -0.25) is 0 Å². The van der Waals surface area contributed by atoms with Crippen LogP contribution in [0, 0.1) is 0 Å². The highest BCUT2D eigenvalue weighted by molar-refractivity contribution is 5.41. The fraction of sp³-hybridized carbons (Fsp3) is 0.583. The molecule has 1 rings (SSSR count). The molecule has 0 saturated carbocycles. The predicted octanol–water partition coefficient (Wildman–Crippen LogP) is 2.17. The van der Waals surface area contributed by atoms with Gasteiger partial charge in [0.15, 0.2) is 0 Å². The zero-order valence-corrected chi connectivity index (χ0v) is 10.1. The number of nitrogens with zero attached hydrogens (tertiary/aromatic N) is 2. The second kappa shape index (κ2) is 4.62. The molecule has 0 aliphatic carbocycles. The normalized spacial score (nSPS) is 11.5. The van der Waals surface area contributed by atoms with Gasteiger partial charge in [0.05, 0.1) is 0 Å². The second-order valence-electron chi connectivity index (χ2n) is 4.45. The maximum absolute atomic E-state index is 5.53. The summed E-state index contributed by atoms with van der Waals surface area (Å²) < 4.78 is 0. The number of hydrogen-bond acceptors (Lipinski definition) is 3. The highest BCUT2D eigenvalue weighted by Gasteiger charge is 2.21. The molecular formula is C12H21N3. The van der Waals surface area contributed by atoms with Crippen molar-refractivity contribution in [3.8, 4) is 0 Å². The van der Waals surface area contributed by atoms with Crippen molar-refractivity contribution in [3.63, 3.8) is 0 Å². The Morgan fingerprint density at radius 1 is 1.40 bits per heavy atom. The summed E-state index contributed by atoms with van der Waals surface area (Å²) in [5.41, 5.74) is 6.74. The van der Waals surface area contributed by atoms with E-state index in [2.05, 4.69) is 37.7 Å². The van der Waals surface area contributed by atoms with Crippen LogP contribution in [0.25, 0.3) is 0 Å². The van der Waals surface area contributed by atoms with Gasteiger partial charge < -0.3 is 10.6 Å². The molecule has 1 aromatic heterocycles. The van der Waals surface area contributed by atoms with E-state index in [1.54, 1.807) is 0 Å². The lowest BCUT2D eigenvalue weighted by atomic mass is 10.00. The number of pyridine rings is 1. The van der Waals surface area contributed by atoms with E-state index in [1.807, 2.05) is 18.3 Å². The van der Waals surface area contributed by atoms with Crippen LogP contribution in [0.1, 0.15) is 32.8 Å². The average molecular weight is 207 g/mol. The molecule has 0 aromatic carbocycles. The van der Waals surface area contributed by atoms with Crippen molar-refractivity contribution in [3.05, 3.63) is 23.9 Å². The van der Waals surface area contributed by atoms with Crippen molar-refractivity contribution in [2.24, 2.45) is 5.73 Å². The van der Waals surface area contributed by atoms with Crippen molar-refractivity contribution >= 4 is 5.82 Å². The van der Waals surface area contributed by atoms with Crippen LogP contribution >= 0.6 is 0 Å². The van der Waals surface area contributed by atoms with E-state index < -0.39 is 0 Å². The van der Waals surface area contributed by atoms with Gasteiger partial charge in [-0.25, -0.2) is 4.98 Å². The van der Waals surface area contributed by atoms with E-state index >= 15 is 0 Å². The van der Waals surface area contributed by atoms with Crippen LogP contribution in [0.3, 0.4) is 0 Å². The van der Waals surface area contributed by atoms with Gasteiger partial charge in [0.25, 0.3) is 0 Å². The molecule has 1 heterocycles. The first-order valence-corrected chi connectivity index (χ1v) is 5.40. The number of aromatic nitrogens is 1. The Hall–Kier alpha value is -1.09. The molecule has 15 heavy (non-hydrogen) atoms. The molecule has 3 nitrogen and oxygen atoms in total. The first-order chi connectivity index (χ1) is 7.01. The second-order valence-corrected chi connectivity index (χ2v) is 4.45. The third kappa shape index (κ3) is 2.69. The highest BCUT2D eigenvalue weighted by Crippen LogP contribution is 2.22. The van der Waals surface area contributed by atoms with Crippen LogP contribution in [-0.4, -0.2) is 17.6 Å². The monoisotopic (exact) mass is 207 g/mol. The molecule has 0 radical (unpaired) electrons.